The largest absolute Gasteiger partial charge is 0.467 e. The Morgan fingerprint density at radius 3 is 2.73 bits per heavy atom. The highest BCUT2D eigenvalue weighted by Crippen LogP contribution is 2.19. The number of amides is 2. The molecule has 1 fully saturated rings. The third-order valence-corrected chi connectivity index (χ3v) is 4.16. The van der Waals surface area contributed by atoms with Crippen LogP contribution in [0.1, 0.15) is 45.0 Å². The second-order valence-electron chi connectivity index (χ2n) is 6.02. The monoisotopic (exact) mass is 310 g/mol. The van der Waals surface area contributed by atoms with Crippen LogP contribution in [0, 0.1) is 5.92 Å². The van der Waals surface area contributed by atoms with Gasteiger partial charge in [-0.1, -0.05) is 0 Å². The second kappa shape index (κ2) is 8.19. The maximum absolute atomic E-state index is 12.0. The first kappa shape index (κ1) is 16.8. The molecule has 1 aromatic heterocycles. The van der Waals surface area contributed by atoms with Crippen molar-refractivity contribution in [3.63, 3.8) is 0 Å². The van der Waals surface area contributed by atoms with Crippen molar-refractivity contribution in [3.05, 3.63) is 24.2 Å². The van der Waals surface area contributed by atoms with E-state index in [9.17, 15) is 9.90 Å². The Labute approximate surface area is 131 Å². The van der Waals surface area contributed by atoms with Crippen LogP contribution in [0.3, 0.4) is 0 Å². The van der Waals surface area contributed by atoms with Gasteiger partial charge in [0, 0.05) is 31.7 Å². The minimum atomic E-state index is -0.710. The first-order valence-corrected chi connectivity index (χ1v) is 7.92. The maximum atomic E-state index is 12.0. The van der Waals surface area contributed by atoms with E-state index in [2.05, 4.69) is 10.6 Å². The Bertz CT molecular complexity index is 443. The number of hydrogen-bond donors (Lipinski definition) is 3. The fraction of sp³-hybridized carbons (Fsp3) is 0.688. The van der Waals surface area contributed by atoms with Crippen molar-refractivity contribution in [2.24, 2.45) is 5.92 Å². The van der Waals surface area contributed by atoms with Gasteiger partial charge in [-0.05, 0) is 44.7 Å². The van der Waals surface area contributed by atoms with Gasteiger partial charge in [0.2, 0.25) is 0 Å². The molecule has 0 aliphatic carbocycles. The first-order valence-electron chi connectivity index (χ1n) is 7.92. The molecule has 124 valence electrons. The SMILES string of the molecule is CC(CC(O)c1ccco1)NC(=O)NC(C)C1CCOCC1. The minimum absolute atomic E-state index is 0.117. The number of hydrogen-bond acceptors (Lipinski definition) is 4. The van der Waals surface area contributed by atoms with Gasteiger partial charge in [0.1, 0.15) is 11.9 Å². The molecule has 0 saturated carbocycles. The number of nitrogens with one attached hydrogen (secondary N) is 2. The highest BCUT2D eigenvalue weighted by Gasteiger charge is 2.23. The Balaban J connectivity index is 1.71. The topological polar surface area (TPSA) is 83.7 Å². The summed E-state index contributed by atoms with van der Waals surface area (Å²) in [6.45, 7) is 5.43. The van der Waals surface area contributed by atoms with E-state index in [-0.39, 0.29) is 18.1 Å². The molecule has 6 nitrogen and oxygen atoms in total. The van der Waals surface area contributed by atoms with Gasteiger partial charge >= 0.3 is 6.03 Å². The number of furan rings is 1. The molecule has 3 unspecified atom stereocenters. The van der Waals surface area contributed by atoms with E-state index in [0.717, 1.165) is 26.1 Å². The van der Waals surface area contributed by atoms with Crippen molar-refractivity contribution in [2.45, 2.75) is 51.3 Å². The molecule has 2 amide bonds. The highest BCUT2D eigenvalue weighted by molar-refractivity contribution is 5.74. The van der Waals surface area contributed by atoms with E-state index >= 15 is 0 Å². The number of carbonyl (C=O) groups is 1. The molecule has 22 heavy (non-hydrogen) atoms. The number of rotatable bonds is 6. The minimum Gasteiger partial charge on any atom is -0.467 e. The van der Waals surface area contributed by atoms with Crippen LogP contribution in [-0.2, 0) is 4.74 Å². The van der Waals surface area contributed by atoms with E-state index < -0.39 is 6.10 Å². The summed E-state index contributed by atoms with van der Waals surface area (Å²) in [4.78, 5) is 12.0. The van der Waals surface area contributed by atoms with Crippen molar-refractivity contribution in [3.8, 4) is 0 Å². The molecule has 0 spiro atoms. The molecule has 1 saturated heterocycles. The molecule has 2 rings (SSSR count). The van der Waals surface area contributed by atoms with Crippen LogP contribution < -0.4 is 10.6 Å². The molecule has 1 aliphatic heterocycles. The third-order valence-electron chi connectivity index (χ3n) is 4.16. The van der Waals surface area contributed by atoms with Crippen molar-refractivity contribution >= 4 is 6.03 Å². The lowest BCUT2D eigenvalue weighted by atomic mass is 9.93. The van der Waals surface area contributed by atoms with Crippen LogP contribution in [0.25, 0.3) is 0 Å². The number of carbonyl (C=O) groups excluding carboxylic acids is 1. The molecular weight excluding hydrogens is 284 g/mol. The summed E-state index contributed by atoms with van der Waals surface area (Å²) < 4.78 is 10.5. The number of aliphatic hydroxyl groups is 1. The standard InChI is InChI=1S/C16H26N2O4/c1-11(10-14(19)15-4-3-7-22-15)17-16(20)18-12(2)13-5-8-21-9-6-13/h3-4,7,11-14,19H,5-6,8-10H2,1-2H3,(H2,17,18,20). The van der Waals surface area contributed by atoms with Crippen LogP contribution in [-0.4, -0.2) is 36.4 Å². The molecule has 3 N–H and O–H groups in total. The average Bonchev–Trinajstić information content (AvgIpc) is 3.02. The fourth-order valence-electron chi connectivity index (χ4n) is 2.80. The Hall–Kier alpha value is -1.53. The third kappa shape index (κ3) is 5.03. The quantitative estimate of drug-likeness (QED) is 0.752. The molecule has 1 aliphatic rings. The van der Waals surface area contributed by atoms with Gasteiger partial charge in [-0.15, -0.1) is 0 Å². The maximum Gasteiger partial charge on any atom is 0.315 e. The van der Waals surface area contributed by atoms with Crippen LogP contribution in [0.2, 0.25) is 0 Å². The lowest BCUT2D eigenvalue weighted by Crippen LogP contribution is -2.48. The van der Waals surface area contributed by atoms with E-state index in [1.54, 1.807) is 12.1 Å². The summed E-state index contributed by atoms with van der Waals surface area (Å²) in [7, 11) is 0. The normalized spacial score (nSPS) is 20.1. The van der Waals surface area contributed by atoms with Crippen molar-refractivity contribution in [1.29, 1.82) is 0 Å². The summed E-state index contributed by atoms with van der Waals surface area (Å²) in [5.74, 6) is 0.980. The summed E-state index contributed by atoms with van der Waals surface area (Å²) in [6, 6.07) is 3.23. The number of ether oxygens (including phenoxy) is 1. The molecule has 2 heterocycles. The molecule has 0 aromatic carbocycles. The predicted molar refractivity (Wildman–Crippen MR) is 82.4 cm³/mol. The van der Waals surface area contributed by atoms with Gasteiger partial charge < -0.3 is 24.9 Å². The smallest absolute Gasteiger partial charge is 0.315 e. The zero-order valence-electron chi connectivity index (χ0n) is 13.2. The summed E-state index contributed by atoms with van der Waals surface area (Å²) in [5, 5.41) is 15.8. The highest BCUT2D eigenvalue weighted by atomic mass is 16.5. The molecule has 1 aromatic rings. The summed E-state index contributed by atoms with van der Waals surface area (Å²) in [6.07, 6.45) is 3.19. The summed E-state index contributed by atoms with van der Waals surface area (Å²) >= 11 is 0. The van der Waals surface area contributed by atoms with Gasteiger partial charge in [-0.3, -0.25) is 0 Å². The molecular formula is C16H26N2O4. The first-order chi connectivity index (χ1) is 10.6. The van der Waals surface area contributed by atoms with Crippen molar-refractivity contribution < 1.29 is 19.1 Å². The lowest BCUT2D eigenvalue weighted by Gasteiger charge is -2.29. The van der Waals surface area contributed by atoms with Crippen LogP contribution >= 0.6 is 0 Å². The zero-order chi connectivity index (χ0) is 15.9. The van der Waals surface area contributed by atoms with E-state index in [1.807, 2.05) is 13.8 Å². The van der Waals surface area contributed by atoms with Gasteiger partial charge in [-0.2, -0.15) is 0 Å². The molecule has 3 atom stereocenters. The van der Waals surface area contributed by atoms with E-state index in [0.29, 0.717) is 18.1 Å². The van der Waals surface area contributed by atoms with Gasteiger partial charge in [0.25, 0.3) is 0 Å². The Morgan fingerprint density at radius 1 is 1.36 bits per heavy atom. The summed E-state index contributed by atoms with van der Waals surface area (Å²) in [5.41, 5.74) is 0. The number of aliphatic hydroxyl groups excluding tert-OH is 1. The fourth-order valence-corrected chi connectivity index (χ4v) is 2.80. The van der Waals surface area contributed by atoms with Gasteiger partial charge in [0.05, 0.1) is 6.26 Å². The second-order valence-corrected chi connectivity index (χ2v) is 6.02. The predicted octanol–water partition coefficient (Wildman–Crippen LogP) is 2.21. The molecule has 6 heteroatoms. The van der Waals surface area contributed by atoms with Crippen LogP contribution in [0.5, 0.6) is 0 Å². The van der Waals surface area contributed by atoms with Crippen LogP contribution in [0.15, 0.2) is 22.8 Å². The number of urea groups is 1. The van der Waals surface area contributed by atoms with Gasteiger partial charge in [0.15, 0.2) is 0 Å². The lowest BCUT2D eigenvalue weighted by molar-refractivity contribution is 0.0569. The van der Waals surface area contributed by atoms with Crippen LogP contribution in [0.4, 0.5) is 4.79 Å². The zero-order valence-corrected chi connectivity index (χ0v) is 13.2. The van der Waals surface area contributed by atoms with Crippen molar-refractivity contribution in [1.82, 2.24) is 10.6 Å². The van der Waals surface area contributed by atoms with E-state index in [1.165, 1.54) is 6.26 Å². The molecule has 0 radical (unpaired) electrons. The van der Waals surface area contributed by atoms with Crippen molar-refractivity contribution in [2.75, 3.05) is 13.2 Å². The van der Waals surface area contributed by atoms with E-state index in [4.69, 9.17) is 9.15 Å². The van der Waals surface area contributed by atoms with Gasteiger partial charge in [-0.25, -0.2) is 4.79 Å². The Morgan fingerprint density at radius 2 is 2.09 bits per heavy atom. The average molecular weight is 310 g/mol. The Kier molecular flexibility index (Phi) is 6.27. The molecule has 0 bridgehead atoms.